The number of nitrogen functional groups attached to an aromatic ring is 1. The van der Waals surface area contributed by atoms with Crippen LogP contribution in [0.2, 0.25) is 5.02 Å². The van der Waals surface area contributed by atoms with Crippen LogP contribution in [-0.4, -0.2) is 58.3 Å². The normalized spacial score (nSPS) is 18.6. The summed E-state index contributed by atoms with van der Waals surface area (Å²) in [7, 11) is 1.59. The van der Waals surface area contributed by atoms with Gasteiger partial charge < -0.3 is 15.8 Å². The second-order valence-corrected chi connectivity index (χ2v) is 8.72. The number of hydrogen-bond acceptors (Lipinski definition) is 9. The summed E-state index contributed by atoms with van der Waals surface area (Å²) in [5.74, 6) is 1.75. The number of methoxy groups -OCH3 is 1. The van der Waals surface area contributed by atoms with Gasteiger partial charge in [-0.05, 0) is 43.9 Å². The van der Waals surface area contributed by atoms with E-state index in [1.807, 2.05) is 6.07 Å². The summed E-state index contributed by atoms with van der Waals surface area (Å²) in [4.78, 5) is 13.6. The molecule has 0 spiro atoms. The molecule has 3 N–H and O–H groups in total. The van der Waals surface area contributed by atoms with Crippen molar-refractivity contribution in [1.82, 2.24) is 25.0 Å². The highest BCUT2D eigenvalue weighted by Gasteiger charge is 2.28. The van der Waals surface area contributed by atoms with Gasteiger partial charge in [-0.15, -0.1) is 0 Å². The van der Waals surface area contributed by atoms with Crippen LogP contribution in [0.4, 0.5) is 23.5 Å². The second kappa shape index (κ2) is 11.0. The number of hydrogen-bond donors (Lipinski definition) is 2. The van der Waals surface area contributed by atoms with E-state index in [4.69, 9.17) is 27.1 Å². The number of anilines is 4. The molecule has 0 aliphatic carbocycles. The van der Waals surface area contributed by atoms with Gasteiger partial charge in [0.1, 0.15) is 5.75 Å². The lowest BCUT2D eigenvalue weighted by Crippen LogP contribution is -2.55. The quantitative estimate of drug-likeness (QED) is 0.655. The molecule has 0 atom stereocenters. The van der Waals surface area contributed by atoms with Gasteiger partial charge in [-0.25, -0.2) is 10.0 Å². The molecule has 2 aliphatic rings. The van der Waals surface area contributed by atoms with Gasteiger partial charge in [0.05, 0.1) is 12.1 Å². The van der Waals surface area contributed by atoms with Crippen LogP contribution >= 0.6 is 11.6 Å². The summed E-state index contributed by atoms with van der Waals surface area (Å²) in [6, 6.07) is 5.45. The summed E-state index contributed by atoms with van der Waals surface area (Å²) in [5.41, 5.74) is 6.89. The zero-order chi connectivity index (χ0) is 22.3. The van der Waals surface area contributed by atoms with Crippen LogP contribution in [0.1, 0.15) is 51.4 Å². The molecular weight excluding hydrogens is 428 g/mol. The van der Waals surface area contributed by atoms with Gasteiger partial charge in [0.15, 0.2) is 0 Å². The molecule has 0 amide bonds. The fraction of sp³-hybridized carbons (Fsp3) is 0.591. The minimum absolute atomic E-state index is 0.187. The molecule has 1 aromatic carbocycles. The van der Waals surface area contributed by atoms with Gasteiger partial charge in [0.2, 0.25) is 11.9 Å². The first kappa shape index (κ1) is 22.8. The molecule has 1 aromatic heterocycles. The number of aromatic nitrogens is 3. The van der Waals surface area contributed by atoms with E-state index in [1.165, 1.54) is 51.4 Å². The van der Waals surface area contributed by atoms with Gasteiger partial charge in [-0.2, -0.15) is 20.1 Å². The SMILES string of the molecule is COc1ccc(Nc2nc(N)nc(N(N3CCCCCC3)N3CCCCCC3)n2)cc1Cl. The second-order valence-electron chi connectivity index (χ2n) is 8.32. The number of nitrogens with one attached hydrogen (secondary N) is 1. The van der Waals surface area contributed by atoms with Crippen molar-refractivity contribution in [2.45, 2.75) is 51.4 Å². The highest BCUT2D eigenvalue weighted by atomic mass is 35.5. The van der Waals surface area contributed by atoms with Crippen LogP contribution < -0.4 is 20.9 Å². The smallest absolute Gasteiger partial charge is 0.262 e. The molecule has 2 fully saturated rings. The predicted molar refractivity (Wildman–Crippen MR) is 128 cm³/mol. The number of ether oxygens (including phenoxy) is 1. The van der Waals surface area contributed by atoms with E-state index in [9.17, 15) is 0 Å². The average molecular weight is 461 g/mol. The fourth-order valence-corrected chi connectivity index (χ4v) is 4.58. The van der Waals surface area contributed by atoms with Gasteiger partial charge >= 0.3 is 0 Å². The van der Waals surface area contributed by atoms with Gasteiger partial charge in [0, 0.05) is 31.9 Å². The van der Waals surface area contributed by atoms with E-state index in [1.54, 1.807) is 19.2 Å². The van der Waals surface area contributed by atoms with E-state index in [0.717, 1.165) is 31.9 Å². The molecule has 174 valence electrons. The third-order valence-electron chi connectivity index (χ3n) is 5.93. The van der Waals surface area contributed by atoms with E-state index in [0.29, 0.717) is 22.7 Å². The van der Waals surface area contributed by atoms with Crippen LogP contribution in [-0.2, 0) is 0 Å². The largest absolute Gasteiger partial charge is 0.495 e. The standard InChI is InChI=1S/C22H33ClN8O/c1-32-19-11-10-17(16-18(19)23)25-21-26-20(24)27-22(28-21)31(29-12-6-2-3-7-13-29)30-14-8-4-5-9-15-30/h10-11,16H,2-9,12-15H2,1H3,(H3,24,25,26,27,28). The Balaban J connectivity index is 1.64. The molecule has 2 saturated heterocycles. The van der Waals surface area contributed by atoms with Crippen LogP contribution in [0.15, 0.2) is 18.2 Å². The lowest BCUT2D eigenvalue weighted by Gasteiger charge is -2.41. The van der Waals surface area contributed by atoms with E-state index >= 15 is 0 Å². The topological polar surface area (TPSA) is 95.7 Å². The van der Waals surface area contributed by atoms with E-state index in [2.05, 4.69) is 30.4 Å². The number of halogens is 1. The maximum atomic E-state index is 6.28. The highest BCUT2D eigenvalue weighted by molar-refractivity contribution is 6.32. The van der Waals surface area contributed by atoms with Gasteiger partial charge in [-0.3, -0.25) is 0 Å². The third-order valence-corrected chi connectivity index (χ3v) is 6.22. The summed E-state index contributed by atoms with van der Waals surface area (Å²) in [5, 5.41) is 10.6. The molecule has 2 aliphatic heterocycles. The number of nitrogens with two attached hydrogens (primary N) is 1. The molecule has 4 rings (SSSR count). The lowest BCUT2D eigenvalue weighted by molar-refractivity contribution is 0.0970. The van der Waals surface area contributed by atoms with E-state index in [-0.39, 0.29) is 5.95 Å². The first-order chi connectivity index (χ1) is 15.6. The Morgan fingerprint density at radius 1 is 0.906 bits per heavy atom. The monoisotopic (exact) mass is 460 g/mol. The maximum Gasteiger partial charge on any atom is 0.262 e. The van der Waals surface area contributed by atoms with Crippen LogP contribution in [0.3, 0.4) is 0 Å². The molecule has 9 nitrogen and oxygen atoms in total. The molecule has 3 heterocycles. The predicted octanol–water partition coefficient (Wildman–Crippen LogP) is 4.25. The van der Waals surface area contributed by atoms with Crippen molar-refractivity contribution in [3.05, 3.63) is 23.2 Å². The summed E-state index contributed by atoms with van der Waals surface area (Å²) < 4.78 is 5.24. The average Bonchev–Trinajstić information content (AvgIpc) is 3.20. The van der Waals surface area contributed by atoms with E-state index < -0.39 is 0 Å². The van der Waals surface area contributed by atoms with Crippen molar-refractivity contribution < 1.29 is 4.74 Å². The Hall–Kier alpha value is -2.36. The van der Waals surface area contributed by atoms with Crippen molar-refractivity contribution in [2.75, 3.05) is 49.5 Å². The Morgan fingerprint density at radius 2 is 1.50 bits per heavy atom. The Morgan fingerprint density at radius 3 is 2.03 bits per heavy atom. The first-order valence-corrected chi connectivity index (χ1v) is 11.9. The third kappa shape index (κ3) is 5.70. The van der Waals surface area contributed by atoms with Crippen molar-refractivity contribution in [3.63, 3.8) is 0 Å². The lowest BCUT2D eigenvalue weighted by atomic mass is 10.2. The maximum absolute atomic E-state index is 6.28. The minimum atomic E-state index is 0.187. The summed E-state index contributed by atoms with van der Waals surface area (Å²) >= 11 is 6.28. The van der Waals surface area contributed by atoms with Crippen LogP contribution in [0.25, 0.3) is 0 Å². The van der Waals surface area contributed by atoms with Crippen molar-refractivity contribution in [1.29, 1.82) is 0 Å². The molecular formula is C22H33ClN8O. The Labute approximate surface area is 194 Å². The Kier molecular flexibility index (Phi) is 7.83. The highest BCUT2D eigenvalue weighted by Crippen LogP contribution is 2.29. The minimum Gasteiger partial charge on any atom is -0.495 e. The number of rotatable bonds is 6. The summed E-state index contributed by atoms with van der Waals surface area (Å²) in [6.45, 7) is 3.94. The first-order valence-electron chi connectivity index (χ1n) is 11.6. The summed E-state index contributed by atoms with van der Waals surface area (Å²) in [6.07, 6.45) is 9.70. The van der Waals surface area contributed by atoms with Gasteiger partial charge in [-0.1, -0.05) is 37.3 Å². The molecule has 0 bridgehead atoms. The van der Waals surface area contributed by atoms with Crippen molar-refractivity contribution >= 4 is 35.1 Å². The van der Waals surface area contributed by atoms with Crippen molar-refractivity contribution in [3.8, 4) is 5.75 Å². The molecule has 0 radical (unpaired) electrons. The number of benzene rings is 1. The molecule has 0 saturated carbocycles. The Bertz CT molecular complexity index is 862. The van der Waals surface area contributed by atoms with Crippen molar-refractivity contribution in [2.24, 2.45) is 0 Å². The molecule has 10 heteroatoms. The molecule has 32 heavy (non-hydrogen) atoms. The van der Waals surface area contributed by atoms with Gasteiger partial charge in [0.25, 0.3) is 5.95 Å². The van der Waals surface area contributed by atoms with Crippen LogP contribution in [0.5, 0.6) is 5.75 Å². The molecule has 0 unspecified atom stereocenters. The molecule has 2 aromatic rings. The fourth-order valence-electron chi connectivity index (χ4n) is 4.32. The number of nitrogens with zero attached hydrogens (tertiary/aromatic N) is 6. The number of hydrazine groups is 2. The zero-order valence-electron chi connectivity index (χ0n) is 18.8. The van der Waals surface area contributed by atoms with Crippen LogP contribution in [0, 0.1) is 0 Å². The zero-order valence-corrected chi connectivity index (χ0v) is 19.5.